The molecular formula is C13H15NO2S2. The highest BCUT2D eigenvalue weighted by Crippen LogP contribution is 2.23. The van der Waals surface area contributed by atoms with Crippen LogP contribution in [-0.2, 0) is 10.0 Å². The normalized spacial score (nSPS) is 11.7. The molecule has 0 radical (unpaired) electrons. The van der Waals surface area contributed by atoms with Gasteiger partial charge in [0.15, 0.2) is 0 Å². The van der Waals surface area contributed by atoms with Crippen LogP contribution in [0.5, 0.6) is 0 Å². The Hall–Kier alpha value is -1.33. The topological polar surface area (TPSA) is 46.2 Å². The Morgan fingerprint density at radius 3 is 2.56 bits per heavy atom. The second kappa shape index (κ2) is 5.12. The standard InChI is InChI=1S/C13H15NO2S2/c1-10(2)11-5-3-6-12(9-11)14-18(15,16)13-7-4-8-17-13/h3-10,14H,1-2H3. The lowest BCUT2D eigenvalue weighted by atomic mass is 10.0. The maximum Gasteiger partial charge on any atom is 0.271 e. The summed E-state index contributed by atoms with van der Waals surface area (Å²) >= 11 is 1.21. The highest BCUT2D eigenvalue weighted by molar-refractivity contribution is 7.94. The van der Waals surface area contributed by atoms with E-state index in [2.05, 4.69) is 18.6 Å². The molecule has 0 amide bonds. The molecule has 0 fully saturated rings. The number of hydrogen-bond acceptors (Lipinski definition) is 3. The van der Waals surface area contributed by atoms with Crippen molar-refractivity contribution < 1.29 is 8.42 Å². The van der Waals surface area contributed by atoms with E-state index < -0.39 is 10.0 Å². The summed E-state index contributed by atoms with van der Waals surface area (Å²) in [6, 6.07) is 10.8. The Labute approximate surface area is 112 Å². The van der Waals surface area contributed by atoms with E-state index in [0.29, 0.717) is 15.8 Å². The number of hydrogen-bond donors (Lipinski definition) is 1. The first kappa shape index (κ1) is 13.1. The summed E-state index contributed by atoms with van der Waals surface area (Å²) in [5, 5.41) is 1.75. The molecule has 0 atom stereocenters. The molecule has 1 heterocycles. The third-order valence-electron chi connectivity index (χ3n) is 2.57. The number of anilines is 1. The van der Waals surface area contributed by atoms with Gasteiger partial charge < -0.3 is 0 Å². The van der Waals surface area contributed by atoms with Gasteiger partial charge in [-0.2, -0.15) is 0 Å². The van der Waals surface area contributed by atoms with Crippen LogP contribution in [0.3, 0.4) is 0 Å². The highest BCUT2D eigenvalue weighted by Gasteiger charge is 2.15. The maximum atomic E-state index is 12.0. The largest absolute Gasteiger partial charge is 0.279 e. The van der Waals surface area contributed by atoms with Gasteiger partial charge in [0.25, 0.3) is 10.0 Å². The van der Waals surface area contributed by atoms with E-state index in [1.54, 1.807) is 23.6 Å². The fourth-order valence-corrected chi connectivity index (χ4v) is 3.63. The van der Waals surface area contributed by atoms with Gasteiger partial charge in [0.05, 0.1) is 0 Å². The zero-order valence-corrected chi connectivity index (χ0v) is 11.9. The molecule has 18 heavy (non-hydrogen) atoms. The Kier molecular flexibility index (Phi) is 3.73. The van der Waals surface area contributed by atoms with Crippen molar-refractivity contribution in [1.29, 1.82) is 0 Å². The van der Waals surface area contributed by atoms with E-state index in [4.69, 9.17) is 0 Å². The van der Waals surface area contributed by atoms with Crippen molar-refractivity contribution in [3.63, 3.8) is 0 Å². The van der Waals surface area contributed by atoms with E-state index >= 15 is 0 Å². The predicted octanol–water partition coefficient (Wildman–Crippen LogP) is 3.67. The minimum absolute atomic E-state index is 0.331. The Morgan fingerprint density at radius 1 is 1.17 bits per heavy atom. The van der Waals surface area contributed by atoms with Gasteiger partial charge in [-0.05, 0) is 35.1 Å². The van der Waals surface area contributed by atoms with E-state index in [9.17, 15) is 8.42 Å². The molecule has 0 unspecified atom stereocenters. The van der Waals surface area contributed by atoms with Crippen molar-refractivity contribution in [2.45, 2.75) is 24.0 Å². The van der Waals surface area contributed by atoms with Gasteiger partial charge in [0.1, 0.15) is 4.21 Å². The van der Waals surface area contributed by atoms with Crippen LogP contribution in [0, 0.1) is 0 Å². The van der Waals surface area contributed by atoms with Crippen molar-refractivity contribution in [3.05, 3.63) is 47.3 Å². The van der Waals surface area contributed by atoms with E-state index in [1.165, 1.54) is 11.3 Å². The highest BCUT2D eigenvalue weighted by atomic mass is 32.2. The van der Waals surface area contributed by atoms with Crippen LogP contribution >= 0.6 is 11.3 Å². The molecule has 0 spiro atoms. The second-order valence-corrected chi connectivity index (χ2v) is 7.17. The molecule has 0 saturated heterocycles. The quantitative estimate of drug-likeness (QED) is 0.929. The Morgan fingerprint density at radius 2 is 1.94 bits per heavy atom. The van der Waals surface area contributed by atoms with Crippen molar-refractivity contribution in [1.82, 2.24) is 0 Å². The van der Waals surface area contributed by atoms with Crippen molar-refractivity contribution in [3.8, 4) is 0 Å². The molecule has 0 aliphatic heterocycles. The van der Waals surface area contributed by atoms with Crippen LogP contribution in [0.4, 0.5) is 5.69 Å². The van der Waals surface area contributed by atoms with Crippen LogP contribution < -0.4 is 4.72 Å². The fraction of sp³-hybridized carbons (Fsp3) is 0.231. The molecule has 1 aromatic carbocycles. The number of thiophene rings is 1. The lowest BCUT2D eigenvalue weighted by Gasteiger charge is -2.10. The monoisotopic (exact) mass is 281 g/mol. The smallest absolute Gasteiger partial charge is 0.271 e. The Bertz CT molecular complexity index is 616. The molecule has 0 saturated carbocycles. The lowest BCUT2D eigenvalue weighted by Crippen LogP contribution is -2.11. The molecule has 3 nitrogen and oxygen atoms in total. The molecule has 0 aliphatic carbocycles. The van der Waals surface area contributed by atoms with Gasteiger partial charge in [0, 0.05) is 5.69 Å². The molecule has 0 bridgehead atoms. The average molecular weight is 281 g/mol. The summed E-state index contributed by atoms with van der Waals surface area (Å²) in [5.74, 6) is 0.371. The van der Waals surface area contributed by atoms with Gasteiger partial charge in [-0.3, -0.25) is 4.72 Å². The number of rotatable bonds is 4. The third kappa shape index (κ3) is 2.91. The van der Waals surface area contributed by atoms with Crippen LogP contribution in [0.2, 0.25) is 0 Å². The van der Waals surface area contributed by atoms with Crippen LogP contribution in [0.25, 0.3) is 0 Å². The summed E-state index contributed by atoms with van der Waals surface area (Å²) in [6.07, 6.45) is 0. The molecule has 2 aromatic rings. The number of benzene rings is 1. The minimum atomic E-state index is -3.44. The summed E-state index contributed by atoms with van der Waals surface area (Å²) < 4.78 is 27.0. The number of sulfonamides is 1. The fourth-order valence-electron chi connectivity index (χ4n) is 1.58. The summed E-state index contributed by atoms with van der Waals surface area (Å²) in [5.41, 5.74) is 1.72. The van der Waals surface area contributed by atoms with Gasteiger partial charge in [-0.25, -0.2) is 8.42 Å². The maximum absolute atomic E-state index is 12.0. The van der Waals surface area contributed by atoms with Crippen molar-refractivity contribution in [2.75, 3.05) is 4.72 Å². The second-order valence-electron chi connectivity index (χ2n) is 4.32. The first-order valence-electron chi connectivity index (χ1n) is 5.65. The molecule has 1 N–H and O–H groups in total. The molecule has 2 rings (SSSR count). The molecule has 1 aromatic heterocycles. The Balaban J connectivity index is 2.27. The summed E-state index contributed by atoms with van der Waals surface area (Å²) in [4.78, 5) is 0. The lowest BCUT2D eigenvalue weighted by molar-refractivity contribution is 0.603. The molecule has 96 valence electrons. The first-order valence-corrected chi connectivity index (χ1v) is 8.01. The minimum Gasteiger partial charge on any atom is -0.279 e. The zero-order valence-electron chi connectivity index (χ0n) is 10.3. The van der Waals surface area contributed by atoms with E-state index in [0.717, 1.165) is 5.56 Å². The van der Waals surface area contributed by atoms with Gasteiger partial charge in [-0.1, -0.05) is 32.0 Å². The van der Waals surface area contributed by atoms with Gasteiger partial charge >= 0.3 is 0 Å². The average Bonchev–Trinajstić information content (AvgIpc) is 2.82. The summed E-state index contributed by atoms with van der Waals surface area (Å²) in [7, 11) is -3.44. The van der Waals surface area contributed by atoms with Gasteiger partial charge in [0.2, 0.25) is 0 Å². The SMILES string of the molecule is CC(C)c1cccc(NS(=O)(=O)c2cccs2)c1. The third-order valence-corrected chi connectivity index (χ3v) is 5.34. The van der Waals surface area contributed by atoms with Crippen LogP contribution in [0.1, 0.15) is 25.3 Å². The zero-order chi connectivity index (χ0) is 13.2. The van der Waals surface area contributed by atoms with Crippen LogP contribution in [0.15, 0.2) is 46.0 Å². The van der Waals surface area contributed by atoms with E-state index in [-0.39, 0.29) is 0 Å². The van der Waals surface area contributed by atoms with Crippen molar-refractivity contribution >= 4 is 27.0 Å². The predicted molar refractivity (Wildman–Crippen MR) is 75.7 cm³/mol. The van der Waals surface area contributed by atoms with E-state index in [1.807, 2.05) is 18.2 Å². The number of nitrogens with one attached hydrogen (secondary N) is 1. The van der Waals surface area contributed by atoms with Crippen molar-refractivity contribution in [2.24, 2.45) is 0 Å². The summed E-state index contributed by atoms with van der Waals surface area (Å²) in [6.45, 7) is 4.15. The van der Waals surface area contributed by atoms with Crippen LogP contribution in [-0.4, -0.2) is 8.42 Å². The molecule has 5 heteroatoms. The first-order chi connectivity index (χ1) is 8.49. The molecular weight excluding hydrogens is 266 g/mol. The van der Waals surface area contributed by atoms with Gasteiger partial charge in [-0.15, -0.1) is 11.3 Å². The molecule has 0 aliphatic rings.